The lowest BCUT2D eigenvalue weighted by molar-refractivity contribution is 0.313. The van der Waals surface area contributed by atoms with Crippen LogP contribution in [0.4, 0.5) is 5.69 Å². The smallest absolute Gasteiger partial charge is 0.269 e. The average Bonchev–Trinajstić information content (AvgIpc) is 2.74. The Morgan fingerprint density at radius 2 is 1.69 bits per heavy atom. The molecule has 0 bridgehead atoms. The predicted octanol–water partition coefficient (Wildman–Crippen LogP) is 6.77. The summed E-state index contributed by atoms with van der Waals surface area (Å²) in [5.41, 5.74) is 7.31. The number of ether oxygens (including phenoxy) is 1. The van der Waals surface area contributed by atoms with E-state index >= 15 is 0 Å². The molecule has 0 unspecified atom stereocenters. The highest BCUT2D eigenvalue weighted by Gasteiger charge is 2.39. The largest absolute Gasteiger partial charge is 0.462 e. The van der Waals surface area contributed by atoms with Crippen molar-refractivity contribution in [3.8, 4) is 6.07 Å². The van der Waals surface area contributed by atoms with Gasteiger partial charge in [0.05, 0.1) is 12.6 Å². The molecule has 4 heteroatoms. The van der Waals surface area contributed by atoms with Gasteiger partial charge in [0.1, 0.15) is 11.5 Å². The van der Waals surface area contributed by atoms with Crippen molar-refractivity contribution in [1.29, 1.82) is 5.26 Å². The Balaban J connectivity index is 1.79. The number of hydrogen-bond acceptors (Lipinski definition) is 3. The van der Waals surface area contributed by atoms with Crippen molar-refractivity contribution >= 4 is 11.8 Å². The number of rotatable bonds is 2. The molecule has 0 saturated heterocycles. The molecule has 3 heterocycles. The average molecular weight is 426 g/mol. The highest BCUT2D eigenvalue weighted by molar-refractivity contribution is 5.72. The molecule has 3 aliphatic heterocycles. The number of benzene rings is 1. The molecule has 3 aliphatic rings. The minimum Gasteiger partial charge on any atom is -0.462 e. The Labute approximate surface area is 192 Å². The lowest BCUT2D eigenvalue weighted by atomic mass is 9.69. The van der Waals surface area contributed by atoms with Crippen molar-refractivity contribution in [2.45, 2.75) is 65.2 Å². The van der Waals surface area contributed by atoms with Crippen molar-refractivity contribution in [2.75, 3.05) is 18.0 Å². The van der Waals surface area contributed by atoms with Crippen molar-refractivity contribution in [2.24, 2.45) is 0 Å². The first-order chi connectivity index (χ1) is 15.1. The summed E-state index contributed by atoms with van der Waals surface area (Å²) in [7, 11) is 0. The molecule has 0 saturated carbocycles. The Morgan fingerprint density at radius 1 is 1.09 bits per heavy atom. The molecule has 0 radical (unpaired) electrons. The minimum absolute atomic E-state index is 0.0952. The standard InChI is InChI=1S/C28H31N3O/c1-18-19(2)32-21(16-22(18)25(17-29)30-7)9-8-20-14-23-26-24(15-20)28(5,6)11-13-31(26)12-10-27(23,3)4/h8-9,14-16H,10-13H2,1-6H3. The van der Waals surface area contributed by atoms with Crippen LogP contribution in [0.1, 0.15) is 71.1 Å². The van der Waals surface area contributed by atoms with Crippen LogP contribution in [-0.4, -0.2) is 13.1 Å². The zero-order chi connectivity index (χ0) is 23.3. The van der Waals surface area contributed by atoms with E-state index in [9.17, 15) is 5.26 Å². The maximum atomic E-state index is 9.34. The Kier molecular flexibility index (Phi) is 5.30. The van der Waals surface area contributed by atoms with E-state index in [0.717, 1.165) is 42.8 Å². The second kappa shape index (κ2) is 7.72. The van der Waals surface area contributed by atoms with Crippen LogP contribution in [0.2, 0.25) is 0 Å². The minimum atomic E-state index is 0.0952. The van der Waals surface area contributed by atoms with Crippen molar-refractivity contribution in [3.05, 3.63) is 80.8 Å². The molecular weight excluding hydrogens is 394 g/mol. The van der Waals surface area contributed by atoms with Crippen LogP contribution in [0.3, 0.4) is 0 Å². The quantitative estimate of drug-likeness (QED) is 0.388. The Morgan fingerprint density at radius 3 is 2.22 bits per heavy atom. The maximum Gasteiger partial charge on any atom is 0.269 e. The molecule has 0 N–H and O–H groups in total. The van der Waals surface area contributed by atoms with E-state index in [-0.39, 0.29) is 16.5 Å². The third kappa shape index (κ3) is 3.65. The van der Waals surface area contributed by atoms with E-state index in [1.54, 1.807) is 6.08 Å². The summed E-state index contributed by atoms with van der Waals surface area (Å²) in [6.07, 6.45) is 8.16. The van der Waals surface area contributed by atoms with Gasteiger partial charge in [-0.3, -0.25) is 0 Å². The summed E-state index contributed by atoms with van der Waals surface area (Å²) in [6.45, 7) is 22.7. The van der Waals surface area contributed by atoms with Crippen LogP contribution in [0.25, 0.3) is 10.9 Å². The molecule has 0 aromatic heterocycles. The lowest BCUT2D eigenvalue weighted by Gasteiger charge is -2.48. The maximum absolute atomic E-state index is 9.34. The summed E-state index contributed by atoms with van der Waals surface area (Å²) < 4.78 is 5.97. The molecule has 4 nitrogen and oxygen atoms in total. The third-order valence-electron chi connectivity index (χ3n) is 7.32. The van der Waals surface area contributed by atoms with Gasteiger partial charge in [-0.15, -0.1) is 0 Å². The number of hydrogen-bond donors (Lipinski definition) is 0. The first kappa shape index (κ1) is 22.0. The number of allylic oxidation sites excluding steroid dienone is 6. The summed E-state index contributed by atoms with van der Waals surface area (Å²) >= 11 is 0. The van der Waals surface area contributed by atoms with Crippen molar-refractivity contribution in [3.63, 3.8) is 0 Å². The molecule has 1 aromatic carbocycles. The van der Waals surface area contributed by atoms with Crippen LogP contribution in [0.15, 0.2) is 52.6 Å². The van der Waals surface area contributed by atoms with E-state index in [1.165, 1.54) is 16.8 Å². The SMILES string of the molecule is [C-]#[N+]C(C#N)=C1C=C(C=Cc2cc3c4c(c2)C(C)(C)CCN4CCC3(C)C)OC(C)=C1C. The fourth-order valence-corrected chi connectivity index (χ4v) is 4.93. The predicted molar refractivity (Wildman–Crippen MR) is 130 cm³/mol. The Hall–Kier alpha value is -3.24. The van der Waals surface area contributed by atoms with Gasteiger partial charge < -0.3 is 9.64 Å². The zero-order valence-electron chi connectivity index (χ0n) is 20.0. The fourth-order valence-electron chi connectivity index (χ4n) is 4.93. The molecule has 32 heavy (non-hydrogen) atoms. The molecule has 164 valence electrons. The van der Waals surface area contributed by atoms with Crippen LogP contribution >= 0.6 is 0 Å². The van der Waals surface area contributed by atoms with Gasteiger partial charge in [-0.1, -0.05) is 33.8 Å². The Bertz CT molecular complexity index is 1140. The molecule has 4 rings (SSSR count). The third-order valence-corrected chi connectivity index (χ3v) is 7.32. The number of nitriles is 1. The van der Waals surface area contributed by atoms with Crippen LogP contribution in [0, 0.1) is 17.9 Å². The van der Waals surface area contributed by atoms with Crippen LogP contribution in [0.5, 0.6) is 0 Å². The number of nitrogens with zero attached hydrogens (tertiary/aromatic N) is 3. The van der Waals surface area contributed by atoms with Gasteiger partial charge in [0.25, 0.3) is 5.70 Å². The van der Waals surface area contributed by atoms with Crippen molar-refractivity contribution < 1.29 is 4.74 Å². The van der Waals surface area contributed by atoms with Gasteiger partial charge >= 0.3 is 0 Å². The second-order valence-electron chi connectivity index (χ2n) is 10.4. The normalized spacial score (nSPS) is 22.5. The van der Waals surface area contributed by atoms with Crippen molar-refractivity contribution in [1.82, 2.24) is 0 Å². The van der Waals surface area contributed by atoms with Crippen LogP contribution in [-0.2, 0) is 15.6 Å². The van der Waals surface area contributed by atoms with E-state index in [2.05, 4.69) is 55.6 Å². The lowest BCUT2D eigenvalue weighted by Crippen LogP contribution is -2.44. The molecule has 0 spiro atoms. The molecular formula is C28H31N3O. The summed E-state index contributed by atoms with van der Waals surface area (Å²) in [6, 6.07) is 6.67. The molecule has 0 fully saturated rings. The van der Waals surface area contributed by atoms with Gasteiger partial charge in [-0.25, -0.2) is 10.1 Å². The summed E-state index contributed by atoms with van der Waals surface area (Å²) in [4.78, 5) is 5.96. The van der Waals surface area contributed by atoms with E-state index in [0.29, 0.717) is 11.3 Å². The summed E-state index contributed by atoms with van der Waals surface area (Å²) in [5.74, 6) is 1.36. The fraction of sp³-hybridized carbons (Fsp3) is 0.429. The van der Waals surface area contributed by atoms with Crippen LogP contribution < -0.4 is 4.90 Å². The van der Waals surface area contributed by atoms with E-state index < -0.39 is 0 Å². The topological polar surface area (TPSA) is 40.6 Å². The molecule has 1 aromatic rings. The van der Waals surface area contributed by atoms with Gasteiger partial charge in [-0.2, -0.15) is 0 Å². The molecule has 0 amide bonds. The van der Waals surface area contributed by atoms with Gasteiger partial charge in [-0.05, 0) is 84.1 Å². The molecule has 0 aliphatic carbocycles. The van der Waals surface area contributed by atoms with Gasteiger partial charge in [0.2, 0.25) is 0 Å². The van der Waals surface area contributed by atoms with Gasteiger partial charge in [0, 0.05) is 24.4 Å². The highest BCUT2D eigenvalue weighted by Crippen LogP contribution is 2.49. The molecule has 0 atom stereocenters. The summed E-state index contributed by atoms with van der Waals surface area (Å²) in [5, 5.41) is 9.34. The zero-order valence-corrected chi connectivity index (χ0v) is 20.0. The van der Waals surface area contributed by atoms with E-state index in [1.807, 2.05) is 26.0 Å². The number of anilines is 1. The van der Waals surface area contributed by atoms with Gasteiger partial charge in [0.15, 0.2) is 0 Å². The second-order valence-corrected chi connectivity index (χ2v) is 10.4. The van der Waals surface area contributed by atoms with E-state index in [4.69, 9.17) is 11.3 Å². The monoisotopic (exact) mass is 425 g/mol. The first-order valence-electron chi connectivity index (χ1n) is 11.3. The first-order valence-corrected chi connectivity index (χ1v) is 11.3. The highest BCUT2D eigenvalue weighted by atomic mass is 16.5.